The second-order valence-electron chi connectivity index (χ2n) is 8.30. The van der Waals surface area contributed by atoms with Gasteiger partial charge in [-0.3, -0.25) is 0 Å². The summed E-state index contributed by atoms with van der Waals surface area (Å²) in [7, 11) is -6.96. The average Bonchev–Trinajstić information content (AvgIpc) is 3.40. The van der Waals surface area contributed by atoms with Crippen molar-refractivity contribution in [3.8, 4) is 0 Å². The Morgan fingerprint density at radius 1 is 0.800 bits per heavy atom. The number of fused-ring (bicyclic) bond motifs is 4. The number of aromatic nitrogens is 6. The van der Waals surface area contributed by atoms with Crippen molar-refractivity contribution in [3.05, 3.63) is 45.4 Å². The van der Waals surface area contributed by atoms with E-state index in [1.165, 1.54) is 24.3 Å². The SMILES string of the molecule is Cc1cc2c(cc1Cl)SSc1cc(Cl)c(C)cc1S(=O)(=O)Nc1nc(N)nn1C(O)n1nc(N)nc1NS2(=O)=O. The number of aliphatic hydroxyl groups is 1. The fourth-order valence-corrected chi connectivity index (χ4v) is 9.64. The minimum absolute atomic E-state index is 0.165. The molecule has 0 amide bonds. The highest BCUT2D eigenvalue weighted by Crippen LogP contribution is 2.46. The van der Waals surface area contributed by atoms with E-state index in [1.54, 1.807) is 13.8 Å². The quantitative estimate of drug-likeness (QED) is 0.171. The Labute approximate surface area is 245 Å². The van der Waals surface area contributed by atoms with Crippen molar-refractivity contribution in [1.82, 2.24) is 29.5 Å². The van der Waals surface area contributed by atoms with E-state index in [-0.39, 0.29) is 29.6 Å². The summed E-state index contributed by atoms with van der Waals surface area (Å²) in [6, 6.07) is 5.53. The second-order valence-corrected chi connectivity index (χ2v) is 14.6. The number of nitrogens with one attached hydrogen (secondary N) is 2. The summed E-state index contributed by atoms with van der Waals surface area (Å²) < 4.78 is 60.3. The first-order valence-corrected chi connectivity index (χ1v) is 16.7. The Balaban J connectivity index is 1.79. The van der Waals surface area contributed by atoms with Crippen molar-refractivity contribution >= 4 is 88.6 Å². The zero-order valence-corrected chi connectivity index (χ0v) is 25.0. The van der Waals surface area contributed by atoms with Crippen LogP contribution in [-0.2, 0) is 20.0 Å². The summed E-state index contributed by atoms with van der Waals surface area (Å²) in [5.74, 6) is -1.84. The summed E-state index contributed by atoms with van der Waals surface area (Å²) in [5, 5.41) is 19.3. The van der Waals surface area contributed by atoms with Gasteiger partial charge >= 0.3 is 0 Å². The van der Waals surface area contributed by atoms with Gasteiger partial charge in [-0.05, 0) is 49.2 Å². The van der Waals surface area contributed by atoms with Crippen LogP contribution in [0.15, 0.2) is 43.8 Å². The molecule has 0 unspecified atom stereocenters. The summed E-state index contributed by atoms with van der Waals surface area (Å²) >= 11 is 12.6. The molecule has 0 aliphatic carbocycles. The molecular formula is C19H18Cl2N10O5S4. The normalized spacial score (nSPS) is 16.7. The van der Waals surface area contributed by atoms with Gasteiger partial charge in [0.1, 0.15) is 9.79 Å². The third kappa shape index (κ3) is 5.24. The van der Waals surface area contributed by atoms with Gasteiger partial charge in [0.2, 0.25) is 23.8 Å². The molecule has 0 saturated carbocycles. The number of nitrogens with two attached hydrogens (primary N) is 2. The number of halogens is 2. The van der Waals surface area contributed by atoms with Crippen LogP contribution in [0.25, 0.3) is 0 Å². The van der Waals surface area contributed by atoms with Crippen molar-refractivity contribution in [2.24, 2.45) is 0 Å². The monoisotopic (exact) mass is 664 g/mol. The van der Waals surface area contributed by atoms with Crippen molar-refractivity contribution in [2.45, 2.75) is 39.8 Å². The Hall–Kier alpha value is -2.94. The lowest BCUT2D eigenvalue weighted by Crippen LogP contribution is -2.27. The Bertz CT molecular complexity index is 1760. The molecule has 5 rings (SSSR count). The summed E-state index contributed by atoms with van der Waals surface area (Å²) in [6.45, 7) is 3.23. The van der Waals surface area contributed by atoms with Gasteiger partial charge in [-0.2, -0.15) is 19.3 Å². The molecule has 0 fully saturated rings. The standard InChI is InChI=1S/C19H18Cl2N10O5S4/c1-7-3-13-11(5-9(7)20)37-38-12-6-10(21)8(2)4-14(12)40(35,36)29-18-25-16(23)27-31(18)19(32)30-17(24-15(22)26-30)28-39(13,33)34/h3-6,19,32H,1-2H3,(H3,22,24,26,28)(H3,23,25,27,29). The summed E-state index contributed by atoms with van der Waals surface area (Å²) in [4.78, 5) is 7.61. The Morgan fingerprint density at radius 3 is 1.55 bits per heavy atom. The van der Waals surface area contributed by atoms with E-state index in [2.05, 4.69) is 29.6 Å². The highest BCUT2D eigenvalue weighted by atomic mass is 35.5. The van der Waals surface area contributed by atoms with Crippen LogP contribution in [0.2, 0.25) is 10.0 Å². The van der Waals surface area contributed by atoms with Crippen molar-refractivity contribution in [2.75, 3.05) is 20.9 Å². The number of nitrogen functional groups attached to an aromatic ring is 2. The van der Waals surface area contributed by atoms with Gasteiger partial charge in [0.25, 0.3) is 26.4 Å². The fraction of sp³-hybridized carbons (Fsp3) is 0.158. The van der Waals surface area contributed by atoms with E-state index in [0.717, 1.165) is 21.6 Å². The van der Waals surface area contributed by atoms with Crippen LogP contribution >= 0.6 is 44.8 Å². The highest BCUT2D eigenvalue weighted by Gasteiger charge is 2.31. The van der Waals surface area contributed by atoms with E-state index in [0.29, 0.717) is 20.5 Å². The maximum absolute atomic E-state index is 13.6. The first-order chi connectivity index (χ1) is 18.7. The number of benzene rings is 2. The lowest BCUT2D eigenvalue weighted by molar-refractivity contribution is 0.0534. The number of hydrogen-bond donors (Lipinski definition) is 5. The van der Waals surface area contributed by atoms with Gasteiger partial charge in [-0.15, -0.1) is 10.2 Å². The van der Waals surface area contributed by atoms with Crippen LogP contribution in [0.1, 0.15) is 17.5 Å². The van der Waals surface area contributed by atoms with E-state index >= 15 is 0 Å². The predicted molar refractivity (Wildman–Crippen MR) is 151 cm³/mol. The van der Waals surface area contributed by atoms with Gasteiger partial charge in [-0.1, -0.05) is 44.8 Å². The number of rotatable bonds is 0. The van der Waals surface area contributed by atoms with Crippen molar-refractivity contribution < 1.29 is 21.9 Å². The molecule has 0 radical (unpaired) electrons. The van der Waals surface area contributed by atoms with E-state index in [4.69, 9.17) is 34.7 Å². The third-order valence-corrected chi connectivity index (χ3v) is 11.7. The van der Waals surface area contributed by atoms with Crippen LogP contribution < -0.4 is 20.9 Å². The predicted octanol–water partition coefficient (Wildman–Crippen LogP) is 2.67. The molecule has 7 N–H and O–H groups in total. The molecule has 40 heavy (non-hydrogen) atoms. The Morgan fingerprint density at radius 2 is 1.18 bits per heavy atom. The van der Waals surface area contributed by atoms with Crippen LogP contribution in [0.5, 0.6) is 0 Å². The number of nitrogens with zero attached hydrogens (tertiary/aromatic N) is 6. The molecule has 3 heterocycles. The highest BCUT2D eigenvalue weighted by molar-refractivity contribution is 8.76. The zero-order valence-electron chi connectivity index (χ0n) is 20.2. The first kappa shape index (κ1) is 28.6. The number of hydrogen-bond acceptors (Lipinski definition) is 13. The van der Waals surface area contributed by atoms with Gasteiger partial charge in [-0.25, -0.2) is 26.3 Å². The van der Waals surface area contributed by atoms with Crippen LogP contribution in [-0.4, -0.2) is 51.5 Å². The smallest absolute Gasteiger partial charge is 0.265 e. The zero-order chi connectivity index (χ0) is 29.1. The van der Waals surface area contributed by atoms with E-state index in [1.807, 2.05) is 0 Å². The lowest BCUT2D eigenvalue weighted by atomic mass is 10.2. The van der Waals surface area contributed by atoms with E-state index in [9.17, 15) is 21.9 Å². The number of anilines is 4. The molecule has 212 valence electrons. The molecule has 15 nitrogen and oxygen atoms in total. The number of aliphatic hydroxyl groups excluding tert-OH is 1. The largest absolute Gasteiger partial charge is 0.366 e. The van der Waals surface area contributed by atoms with Gasteiger partial charge in [0, 0.05) is 19.8 Å². The first-order valence-electron chi connectivity index (χ1n) is 10.8. The molecule has 1 aliphatic rings. The molecular weight excluding hydrogens is 647 g/mol. The average molecular weight is 666 g/mol. The minimum atomic E-state index is -4.41. The van der Waals surface area contributed by atoms with Gasteiger partial charge < -0.3 is 16.6 Å². The van der Waals surface area contributed by atoms with Gasteiger partial charge in [0.15, 0.2) is 0 Å². The molecule has 0 bridgehead atoms. The number of sulfonamides is 2. The lowest BCUT2D eigenvalue weighted by Gasteiger charge is -2.17. The maximum atomic E-state index is 13.6. The van der Waals surface area contributed by atoms with Gasteiger partial charge in [0.05, 0.1) is 0 Å². The van der Waals surface area contributed by atoms with Crippen LogP contribution in [0.3, 0.4) is 0 Å². The molecule has 0 saturated heterocycles. The topological polar surface area (TPSA) is 226 Å². The molecule has 0 atom stereocenters. The van der Waals surface area contributed by atoms with Crippen molar-refractivity contribution in [1.29, 1.82) is 0 Å². The van der Waals surface area contributed by atoms with Crippen LogP contribution in [0, 0.1) is 13.8 Å². The molecule has 4 aromatic rings. The molecule has 0 spiro atoms. The molecule has 1 aliphatic heterocycles. The maximum Gasteiger partial charge on any atom is 0.265 e. The second kappa shape index (κ2) is 10.2. The Kier molecular flexibility index (Phi) is 7.26. The molecule has 2 aromatic carbocycles. The van der Waals surface area contributed by atoms with Crippen LogP contribution in [0.4, 0.5) is 23.8 Å². The summed E-state index contributed by atoms with van der Waals surface area (Å²) in [5.41, 5.74) is 12.3. The minimum Gasteiger partial charge on any atom is -0.366 e. The van der Waals surface area contributed by atoms with Crippen molar-refractivity contribution in [3.63, 3.8) is 0 Å². The van der Waals surface area contributed by atoms with E-state index < -0.39 is 50.2 Å². The fourth-order valence-electron chi connectivity index (χ4n) is 3.51. The summed E-state index contributed by atoms with van der Waals surface area (Å²) in [6.07, 6.45) is -2.00. The third-order valence-electron chi connectivity index (χ3n) is 5.43. The molecule has 21 heteroatoms. The molecule has 2 aromatic heterocycles. The number of aryl methyl sites for hydroxylation is 2.